The Kier molecular flexibility index (Phi) is 15.0. The van der Waals surface area contributed by atoms with Gasteiger partial charge in [0.25, 0.3) is 0 Å². The number of rotatable bonds is 19. The number of benzene rings is 5. The van der Waals surface area contributed by atoms with Gasteiger partial charge in [-0.1, -0.05) is 66.7 Å². The average molecular weight is 982 g/mol. The molecule has 0 unspecified atom stereocenters. The molecule has 320 valence electrons. The highest BCUT2D eigenvalue weighted by atomic mass is 127. The zero-order chi connectivity index (χ0) is 43.6. The predicted octanol–water partition coefficient (Wildman–Crippen LogP) is 6.00. The molecule has 6 rings (SSSR count). The third-order valence-electron chi connectivity index (χ3n) is 9.28. The summed E-state index contributed by atoms with van der Waals surface area (Å²) in [5.41, 5.74) is 2.74. The Morgan fingerprint density at radius 3 is 1.82 bits per heavy atom. The van der Waals surface area contributed by atoms with Crippen LogP contribution in [0.2, 0.25) is 0 Å². The van der Waals surface area contributed by atoms with Crippen molar-refractivity contribution in [3.63, 3.8) is 0 Å². The van der Waals surface area contributed by atoms with E-state index >= 15 is 8.42 Å². The molecule has 19 heteroatoms. The lowest BCUT2D eigenvalue weighted by atomic mass is 10.2. The first-order valence-corrected chi connectivity index (χ1v) is 22.8. The van der Waals surface area contributed by atoms with Gasteiger partial charge < -0.3 is 24.3 Å². The van der Waals surface area contributed by atoms with Crippen molar-refractivity contribution in [1.82, 2.24) is 34.6 Å². The summed E-state index contributed by atoms with van der Waals surface area (Å²) in [6.45, 7) is 1.24. The first-order chi connectivity index (χ1) is 29.3. The Morgan fingerprint density at radius 2 is 1.28 bits per heavy atom. The number of sulfonamides is 2. The molecule has 16 nitrogen and oxygen atoms in total. The van der Waals surface area contributed by atoms with Gasteiger partial charge in [-0.15, -0.1) is 10.2 Å². The van der Waals surface area contributed by atoms with E-state index in [0.29, 0.717) is 31.9 Å². The number of hydrogen-bond acceptors (Lipinski definition) is 12. The number of hydrogen-bond donors (Lipinski definition) is 2. The maximum Gasteiger partial charge on any atom is 0.407 e. The van der Waals surface area contributed by atoms with Gasteiger partial charge in [0.15, 0.2) is 0 Å². The molecule has 61 heavy (non-hydrogen) atoms. The quantitative estimate of drug-likeness (QED) is 0.0901. The summed E-state index contributed by atoms with van der Waals surface area (Å²) in [5, 5.41) is 15.6. The van der Waals surface area contributed by atoms with Crippen LogP contribution in [0.3, 0.4) is 0 Å². The largest absolute Gasteiger partial charge is 0.497 e. The van der Waals surface area contributed by atoms with Crippen LogP contribution in [0.25, 0.3) is 11.4 Å². The molecule has 1 heterocycles. The fraction of sp³-hybridized carbons (Fsp3) is 0.238. The van der Waals surface area contributed by atoms with Crippen molar-refractivity contribution < 1.29 is 40.6 Å². The summed E-state index contributed by atoms with van der Waals surface area (Å²) < 4.78 is 85.2. The van der Waals surface area contributed by atoms with Crippen LogP contribution in [0.5, 0.6) is 17.2 Å². The molecule has 6 aromatic rings. The standard InChI is InChI=1S/C42H44IN7O9S2/c1-29(24-44-42(51)59-28-33-8-6-5-7-9-33)47-60(52,53)38-23-22-37(43)39(41-45-48-50(46-41)27-32-14-20-36(58-4)21-15-32)40(38)61(54,55)49(25-30-10-16-34(56-2)17-11-30)26-31-12-18-35(57-3)19-13-31/h5-23,29,47H,24-28H2,1-4H3,(H,44,51)/t29-/m1/s1. The smallest absolute Gasteiger partial charge is 0.407 e. The van der Waals surface area contributed by atoms with Crippen molar-refractivity contribution in [2.45, 2.75) is 49.0 Å². The van der Waals surface area contributed by atoms with E-state index < -0.39 is 42.0 Å². The lowest BCUT2D eigenvalue weighted by Gasteiger charge is -2.26. The molecule has 1 atom stereocenters. The number of nitrogens with one attached hydrogen (secondary N) is 2. The van der Waals surface area contributed by atoms with E-state index in [1.165, 1.54) is 42.4 Å². The van der Waals surface area contributed by atoms with E-state index in [2.05, 4.69) is 25.4 Å². The molecule has 2 N–H and O–H groups in total. The second kappa shape index (κ2) is 20.3. The van der Waals surface area contributed by atoms with Gasteiger partial charge in [-0.3, -0.25) is 0 Å². The molecule has 0 bridgehead atoms. The second-order valence-electron chi connectivity index (χ2n) is 13.7. The van der Waals surface area contributed by atoms with Gasteiger partial charge in [0, 0.05) is 29.2 Å². The zero-order valence-electron chi connectivity index (χ0n) is 33.7. The Hall–Kier alpha value is -5.61. The van der Waals surface area contributed by atoms with Crippen LogP contribution in [0, 0.1) is 3.57 Å². The van der Waals surface area contributed by atoms with Crippen LogP contribution in [0.15, 0.2) is 125 Å². The highest BCUT2D eigenvalue weighted by Crippen LogP contribution is 2.38. The van der Waals surface area contributed by atoms with E-state index in [1.54, 1.807) is 79.9 Å². The molecule has 0 fully saturated rings. The Bertz CT molecular complexity index is 2580. The van der Waals surface area contributed by atoms with E-state index in [1.807, 2.05) is 52.9 Å². The minimum atomic E-state index is -4.77. The van der Waals surface area contributed by atoms with E-state index in [-0.39, 0.29) is 44.2 Å². The summed E-state index contributed by atoms with van der Waals surface area (Å²) >= 11 is 1.94. The van der Waals surface area contributed by atoms with Gasteiger partial charge >= 0.3 is 6.09 Å². The number of tetrazole rings is 1. The molecule has 0 radical (unpaired) electrons. The van der Waals surface area contributed by atoms with Gasteiger partial charge in [0.05, 0.1) is 33.4 Å². The third kappa shape index (κ3) is 11.6. The lowest BCUT2D eigenvalue weighted by molar-refractivity contribution is 0.139. The van der Waals surface area contributed by atoms with Crippen molar-refractivity contribution in [2.75, 3.05) is 27.9 Å². The number of ether oxygens (including phenoxy) is 4. The average Bonchev–Trinajstić information content (AvgIpc) is 3.73. The number of halogens is 1. The SMILES string of the molecule is COc1ccc(CN(Cc2ccc(OC)cc2)S(=O)(=O)c2c(S(=O)(=O)N[C@H](C)CNC(=O)OCc3ccccc3)ccc(I)c2-c2nnn(Cc3ccc(OC)cc3)n2)cc1. The fourth-order valence-corrected chi connectivity index (χ4v) is 10.7. The monoisotopic (exact) mass is 981 g/mol. The maximum atomic E-state index is 15.5. The first-order valence-electron chi connectivity index (χ1n) is 18.8. The van der Waals surface area contributed by atoms with Crippen LogP contribution < -0.4 is 24.2 Å². The van der Waals surface area contributed by atoms with Crippen molar-refractivity contribution in [2.24, 2.45) is 0 Å². The van der Waals surface area contributed by atoms with E-state index in [0.717, 1.165) is 11.1 Å². The molecule has 0 saturated heterocycles. The van der Waals surface area contributed by atoms with E-state index in [9.17, 15) is 13.2 Å². The highest BCUT2D eigenvalue weighted by Gasteiger charge is 2.37. The van der Waals surface area contributed by atoms with Crippen molar-refractivity contribution in [1.29, 1.82) is 0 Å². The summed E-state index contributed by atoms with van der Waals surface area (Å²) in [4.78, 5) is 12.7. The van der Waals surface area contributed by atoms with Gasteiger partial charge in [0.2, 0.25) is 25.9 Å². The molecular weight excluding hydrogens is 938 g/mol. The van der Waals surface area contributed by atoms with Crippen LogP contribution in [0.4, 0.5) is 4.79 Å². The number of carbonyl (C=O) groups excluding carboxylic acids is 1. The summed E-state index contributed by atoms with van der Waals surface area (Å²) in [6.07, 6.45) is -0.758. The number of carbonyl (C=O) groups is 1. The highest BCUT2D eigenvalue weighted by molar-refractivity contribution is 14.1. The Labute approximate surface area is 368 Å². The number of nitrogens with zero attached hydrogens (tertiary/aromatic N) is 5. The van der Waals surface area contributed by atoms with Crippen LogP contribution in [-0.2, 0) is 51.0 Å². The molecule has 0 spiro atoms. The lowest BCUT2D eigenvalue weighted by Crippen LogP contribution is -2.42. The van der Waals surface area contributed by atoms with Crippen LogP contribution in [-0.4, -0.2) is 81.4 Å². The third-order valence-corrected chi connectivity index (χ3v) is 13.8. The Balaban J connectivity index is 1.40. The summed E-state index contributed by atoms with van der Waals surface area (Å²) in [5.74, 6) is 1.70. The molecule has 5 aromatic carbocycles. The first kappa shape index (κ1) is 44.9. The number of alkyl carbamates (subject to hydrolysis) is 1. The van der Waals surface area contributed by atoms with Gasteiger partial charge in [0.1, 0.15) is 33.6 Å². The molecule has 0 saturated carbocycles. The summed E-state index contributed by atoms with van der Waals surface area (Å²) in [6, 6.07) is 31.9. The molecule has 1 amide bonds. The maximum absolute atomic E-state index is 15.5. The predicted molar refractivity (Wildman–Crippen MR) is 235 cm³/mol. The van der Waals surface area contributed by atoms with Gasteiger partial charge in [-0.25, -0.2) is 26.4 Å². The number of methoxy groups -OCH3 is 3. The number of amides is 1. The molecule has 0 aliphatic heterocycles. The van der Waals surface area contributed by atoms with Crippen LogP contribution in [0.1, 0.15) is 29.2 Å². The van der Waals surface area contributed by atoms with E-state index in [4.69, 9.17) is 18.9 Å². The van der Waals surface area contributed by atoms with Crippen molar-refractivity contribution in [3.05, 3.63) is 141 Å². The normalized spacial score (nSPS) is 12.2. The molecule has 1 aromatic heterocycles. The van der Waals surface area contributed by atoms with Crippen LogP contribution >= 0.6 is 22.6 Å². The van der Waals surface area contributed by atoms with Crippen molar-refractivity contribution in [3.8, 4) is 28.6 Å². The van der Waals surface area contributed by atoms with Crippen molar-refractivity contribution >= 4 is 48.7 Å². The van der Waals surface area contributed by atoms with Gasteiger partial charge in [-0.2, -0.15) is 9.10 Å². The van der Waals surface area contributed by atoms with Gasteiger partial charge in [-0.05, 0) is 106 Å². The minimum Gasteiger partial charge on any atom is -0.497 e. The fourth-order valence-electron chi connectivity index (χ4n) is 6.12. The summed E-state index contributed by atoms with van der Waals surface area (Å²) in [7, 11) is -4.80. The molecule has 0 aliphatic carbocycles. The zero-order valence-corrected chi connectivity index (χ0v) is 37.5. The number of aromatic nitrogens is 4. The molecular formula is C42H44IN7O9S2. The molecule has 0 aliphatic rings. The second-order valence-corrected chi connectivity index (χ2v) is 18.4. The topological polar surface area (TPSA) is 193 Å². The Morgan fingerprint density at radius 1 is 0.738 bits per heavy atom. The minimum absolute atomic E-state index is 0.0156.